The molecule has 0 bridgehead atoms. The molecule has 0 aliphatic carbocycles. The van der Waals surface area contributed by atoms with Crippen molar-refractivity contribution in [1.82, 2.24) is 0 Å². The zero-order valence-electron chi connectivity index (χ0n) is 11.8. The molecule has 0 saturated carbocycles. The van der Waals surface area contributed by atoms with Crippen LogP contribution in [0.2, 0.25) is 0 Å². The topological polar surface area (TPSA) is 138 Å². The molecule has 8 heteroatoms. The maximum absolute atomic E-state index is 9.05. The first-order valence-electron chi connectivity index (χ1n) is 4.45. The van der Waals surface area contributed by atoms with E-state index in [9.17, 15) is 0 Å². The van der Waals surface area contributed by atoms with Crippen LogP contribution in [-0.4, -0.2) is 42.8 Å². The SMILES string of the molecule is CCCCC.COC=N.O.[HH].[HH].[Na+].[Na+].[O-]CCO.[OH-]. The predicted molar refractivity (Wildman–Crippen MR) is 62.7 cm³/mol. The maximum Gasteiger partial charge on any atom is 1.00 e. The van der Waals surface area contributed by atoms with E-state index in [0.717, 1.165) is 6.40 Å². The van der Waals surface area contributed by atoms with Gasteiger partial charge in [-0.1, -0.05) is 33.1 Å². The van der Waals surface area contributed by atoms with E-state index in [4.69, 9.17) is 15.6 Å². The molecular formula is C9H29NNa2O5. The van der Waals surface area contributed by atoms with Crippen molar-refractivity contribution in [2.24, 2.45) is 0 Å². The van der Waals surface area contributed by atoms with E-state index in [0.29, 0.717) is 0 Å². The Hall–Kier alpha value is 1.31. The number of aliphatic hydroxyl groups excluding tert-OH is 1. The zero-order valence-corrected chi connectivity index (χ0v) is 15.8. The van der Waals surface area contributed by atoms with Crippen LogP contribution in [0, 0.1) is 5.41 Å². The van der Waals surface area contributed by atoms with Crippen LogP contribution >= 0.6 is 0 Å². The molecule has 6 nitrogen and oxygen atoms in total. The Labute approximate surface area is 152 Å². The van der Waals surface area contributed by atoms with Gasteiger partial charge in [-0.25, -0.2) is 0 Å². The van der Waals surface area contributed by atoms with Crippen molar-refractivity contribution in [1.29, 1.82) is 5.41 Å². The van der Waals surface area contributed by atoms with Crippen molar-refractivity contribution in [3.05, 3.63) is 0 Å². The molecule has 0 amide bonds. The molecule has 0 fully saturated rings. The Balaban J connectivity index is -0.00000000980. The average molecular weight is 277 g/mol. The van der Waals surface area contributed by atoms with Gasteiger partial charge in [-0.3, -0.25) is 5.41 Å². The summed E-state index contributed by atoms with van der Waals surface area (Å²) in [4.78, 5) is 0. The molecule has 0 aromatic carbocycles. The van der Waals surface area contributed by atoms with Crippen molar-refractivity contribution in [3.8, 4) is 0 Å². The van der Waals surface area contributed by atoms with Crippen LogP contribution in [0.5, 0.6) is 0 Å². The van der Waals surface area contributed by atoms with Crippen molar-refractivity contribution < 1.29 is 87.9 Å². The van der Waals surface area contributed by atoms with Crippen molar-refractivity contribution in [2.75, 3.05) is 20.3 Å². The fraction of sp³-hybridized carbons (Fsp3) is 0.889. The van der Waals surface area contributed by atoms with Crippen molar-refractivity contribution in [2.45, 2.75) is 33.1 Å². The fourth-order valence-electron chi connectivity index (χ4n) is 0.354. The number of methoxy groups -OCH3 is 1. The molecule has 17 heavy (non-hydrogen) atoms. The minimum atomic E-state index is -0.375. The first-order chi connectivity index (χ1) is 6.24. The molecule has 5 N–H and O–H groups in total. The summed E-state index contributed by atoms with van der Waals surface area (Å²) >= 11 is 0. The molecular weight excluding hydrogens is 248 g/mol. The van der Waals surface area contributed by atoms with E-state index in [2.05, 4.69) is 18.6 Å². The monoisotopic (exact) mass is 277 g/mol. The van der Waals surface area contributed by atoms with Crippen LogP contribution in [0.25, 0.3) is 0 Å². The van der Waals surface area contributed by atoms with Gasteiger partial charge in [-0.05, 0) is 0 Å². The van der Waals surface area contributed by atoms with Gasteiger partial charge in [0.1, 0.15) is 0 Å². The van der Waals surface area contributed by atoms with Gasteiger partial charge in [0.15, 0.2) is 6.40 Å². The Morgan fingerprint density at radius 1 is 1.29 bits per heavy atom. The van der Waals surface area contributed by atoms with Gasteiger partial charge in [0.05, 0.1) is 7.11 Å². The molecule has 0 aromatic rings. The molecule has 0 rings (SSSR count). The smallest absolute Gasteiger partial charge is 0.870 e. The van der Waals surface area contributed by atoms with E-state index < -0.39 is 0 Å². The summed E-state index contributed by atoms with van der Waals surface area (Å²) in [5, 5.41) is 22.7. The van der Waals surface area contributed by atoms with Crippen LogP contribution in [-0.2, 0) is 4.74 Å². The molecule has 0 saturated heterocycles. The second kappa shape index (κ2) is 66.7. The molecule has 0 aliphatic heterocycles. The zero-order chi connectivity index (χ0) is 10.9. The van der Waals surface area contributed by atoms with Crippen LogP contribution in [0.3, 0.4) is 0 Å². The molecule has 0 spiro atoms. The Morgan fingerprint density at radius 2 is 1.53 bits per heavy atom. The summed E-state index contributed by atoms with van der Waals surface area (Å²) in [6.45, 7) is 3.81. The third kappa shape index (κ3) is 144. The van der Waals surface area contributed by atoms with Crippen LogP contribution in [0.15, 0.2) is 0 Å². The van der Waals surface area contributed by atoms with Crippen LogP contribution in [0.4, 0.5) is 0 Å². The summed E-state index contributed by atoms with van der Waals surface area (Å²) in [5.74, 6) is 0. The minimum absolute atomic E-state index is 0. The molecule has 0 radical (unpaired) electrons. The normalized spacial score (nSPS) is 5.47. The van der Waals surface area contributed by atoms with Crippen molar-refractivity contribution >= 4 is 6.40 Å². The van der Waals surface area contributed by atoms with Crippen LogP contribution < -0.4 is 64.2 Å². The summed E-state index contributed by atoms with van der Waals surface area (Å²) in [6.07, 6.45) is 4.95. The standard InChI is InChI=1S/C5H12.C2H5NO.C2H5O2.2Na.2H2O.2H2/c1-3-5-4-2;1-4-2-3;3-1-2-4;;;;;;/h3-5H2,1-2H3;2-3H,1H3;3H,1-2H2;;;2*1H2;2*1H/q;;-1;2*+1;;;;/p-1. The number of hydrogen-bond donors (Lipinski definition) is 2. The minimum Gasteiger partial charge on any atom is -0.870 e. The van der Waals surface area contributed by atoms with Crippen molar-refractivity contribution in [3.63, 3.8) is 0 Å². The van der Waals surface area contributed by atoms with Gasteiger partial charge in [-0.15, -0.1) is 6.61 Å². The molecule has 0 aliphatic rings. The maximum atomic E-state index is 9.05. The molecule has 0 heterocycles. The predicted octanol–water partition coefficient (Wildman–Crippen LogP) is -5.73. The second-order valence-electron chi connectivity index (χ2n) is 2.13. The largest absolute Gasteiger partial charge is 1.00 e. The average Bonchev–Trinajstić information content (AvgIpc) is 2.20. The van der Waals surface area contributed by atoms with Gasteiger partial charge < -0.3 is 25.9 Å². The summed E-state index contributed by atoms with van der Waals surface area (Å²) in [7, 11) is 1.44. The van der Waals surface area contributed by atoms with Gasteiger partial charge in [0.25, 0.3) is 0 Å². The molecule has 0 unspecified atom stereocenters. The second-order valence-corrected chi connectivity index (χ2v) is 2.13. The van der Waals surface area contributed by atoms with E-state index in [-0.39, 0.29) is 86.1 Å². The van der Waals surface area contributed by atoms with E-state index in [1.54, 1.807) is 0 Å². The molecule has 102 valence electrons. The number of hydrogen-bond acceptors (Lipinski definition) is 5. The van der Waals surface area contributed by atoms with Gasteiger partial charge in [-0.2, -0.15) is 0 Å². The number of nitrogens with one attached hydrogen (secondary N) is 1. The Bertz CT molecular complexity index is 87.6. The van der Waals surface area contributed by atoms with E-state index in [1.165, 1.54) is 26.4 Å². The number of unbranched alkanes of at least 4 members (excludes halogenated alkanes) is 2. The summed E-state index contributed by atoms with van der Waals surface area (Å²) in [5.41, 5.74) is 0. The third-order valence-corrected chi connectivity index (χ3v) is 0.916. The number of ether oxygens (including phenoxy) is 1. The van der Waals surface area contributed by atoms with Gasteiger partial charge in [0, 0.05) is 9.46 Å². The molecule has 0 aromatic heterocycles. The third-order valence-electron chi connectivity index (χ3n) is 0.916. The Kier molecular flexibility index (Phi) is 168. The summed E-state index contributed by atoms with van der Waals surface area (Å²) < 4.78 is 4.08. The quantitative estimate of drug-likeness (QED) is 0.300. The molecule has 0 atom stereocenters. The summed E-state index contributed by atoms with van der Waals surface area (Å²) in [6, 6.07) is 0. The Morgan fingerprint density at radius 3 is 1.53 bits per heavy atom. The first-order valence-corrected chi connectivity index (χ1v) is 4.45. The fourth-order valence-corrected chi connectivity index (χ4v) is 0.354. The van der Waals surface area contributed by atoms with Gasteiger partial charge in [0.2, 0.25) is 0 Å². The van der Waals surface area contributed by atoms with Crippen LogP contribution in [0.1, 0.15) is 36.0 Å². The number of aliphatic hydroxyl groups is 1. The van der Waals surface area contributed by atoms with E-state index in [1.807, 2.05) is 0 Å². The first kappa shape index (κ1) is 42.9. The van der Waals surface area contributed by atoms with Gasteiger partial charge >= 0.3 is 59.1 Å². The van der Waals surface area contributed by atoms with E-state index >= 15 is 0 Å². The number of rotatable bonds is 4.